The number of benzene rings is 1. The molecule has 2 heterocycles. The molecule has 35 heavy (non-hydrogen) atoms. The molecule has 0 radical (unpaired) electrons. The first-order valence-corrected chi connectivity index (χ1v) is 13.7. The summed E-state index contributed by atoms with van der Waals surface area (Å²) in [7, 11) is 0. The average molecular weight is 477 g/mol. The van der Waals surface area contributed by atoms with E-state index >= 15 is 0 Å². The quantitative estimate of drug-likeness (QED) is 0.458. The van der Waals surface area contributed by atoms with Gasteiger partial charge in [0.25, 0.3) is 5.56 Å². The highest BCUT2D eigenvalue weighted by molar-refractivity contribution is 5.82. The Morgan fingerprint density at radius 1 is 1.03 bits per heavy atom. The molecule has 7 nitrogen and oxygen atoms in total. The molecule has 0 saturated heterocycles. The van der Waals surface area contributed by atoms with Crippen LogP contribution in [0, 0.1) is 13.8 Å². The Morgan fingerprint density at radius 2 is 1.74 bits per heavy atom. The van der Waals surface area contributed by atoms with E-state index in [1.165, 1.54) is 56.9 Å². The summed E-state index contributed by atoms with van der Waals surface area (Å²) < 4.78 is 2.13. The molecule has 0 bridgehead atoms. The van der Waals surface area contributed by atoms with Gasteiger partial charge in [0, 0.05) is 18.2 Å². The van der Waals surface area contributed by atoms with Crippen LogP contribution in [0.4, 0.5) is 0 Å². The monoisotopic (exact) mass is 476 g/mol. The van der Waals surface area contributed by atoms with E-state index in [4.69, 9.17) is 0 Å². The van der Waals surface area contributed by atoms with Gasteiger partial charge in [-0.1, -0.05) is 57.1 Å². The van der Waals surface area contributed by atoms with Gasteiger partial charge in [0.2, 0.25) is 0 Å². The number of aromatic nitrogens is 5. The lowest BCUT2D eigenvalue weighted by molar-refractivity contribution is 0.0821. The topological polar surface area (TPSA) is 79.7 Å². The second kappa shape index (κ2) is 10.6. The molecule has 0 amide bonds. The molecule has 2 fully saturated rings. The SMILES string of the molecule is CC[C@@H](c1nnnn1C1CCCCC1)N(Cc1cc2cc(C)cc(C)c2[nH]c1=O)C1CCCCC1. The van der Waals surface area contributed by atoms with Gasteiger partial charge < -0.3 is 4.98 Å². The van der Waals surface area contributed by atoms with Crippen molar-refractivity contribution in [1.82, 2.24) is 30.1 Å². The van der Waals surface area contributed by atoms with Crippen LogP contribution < -0.4 is 5.56 Å². The van der Waals surface area contributed by atoms with Crippen molar-refractivity contribution in [2.24, 2.45) is 0 Å². The van der Waals surface area contributed by atoms with Crippen molar-refractivity contribution < 1.29 is 0 Å². The lowest BCUT2D eigenvalue weighted by atomic mass is 9.91. The van der Waals surface area contributed by atoms with E-state index in [0.29, 0.717) is 18.6 Å². The van der Waals surface area contributed by atoms with Crippen LogP contribution in [0.3, 0.4) is 0 Å². The number of tetrazole rings is 1. The molecule has 2 saturated carbocycles. The number of H-pyrrole nitrogens is 1. The Balaban J connectivity index is 1.53. The highest BCUT2D eigenvalue weighted by Crippen LogP contribution is 2.35. The molecule has 2 aromatic heterocycles. The van der Waals surface area contributed by atoms with Crippen molar-refractivity contribution in [1.29, 1.82) is 0 Å². The van der Waals surface area contributed by atoms with Gasteiger partial charge in [0.05, 0.1) is 17.6 Å². The third-order valence-corrected chi connectivity index (χ3v) is 8.29. The normalized spacial score (nSPS) is 19.0. The summed E-state index contributed by atoms with van der Waals surface area (Å²) in [5.41, 5.74) is 4.14. The van der Waals surface area contributed by atoms with Crippen LogP contribution in [-0.2, 0) is 6.54 Å². The van der Waals surface area contributed by atoms with E-state index < -0.39 is 0 Å². The Labute approximate surface area is 208 Å². The standard InChI is InChI=1S/C28H40N6O/c1-4-25(27-30-31-32-34(27)24-13-9-6-10-14-24)33(23-11-7-5-8-12-23)18-22-17-21-16-19(2)15-20(3)26(21)29-28(22)35/h15-17,23-25H,4-14,18H2,1-3H3,(H,29,35)/t25-/m0/s1. The van der Waals surface area contributed by atoms with Crippen LogP contribution in [0.2, 0.25) is 0 Å². The van der Waals surface area contributed by atoms with Crippen molar-refractivity contribution in [3.05, 3.63) is 51.1 Å². The fourth-order valence-corrected chi connectivity index (χ4v) is 6.52. The maximum absolute atomic E-state index is 13.3. The summed E-state index contributed by atoms with van der Waals surface area (Å²) in [6, 6.07) is 7.36. The number of hydrogen-bond donors (Lipinski definition) is 1. The smallest absolute Gasteiger partial charge is 0.252 e. The molecule has 3 aromatic rings. The Morgan fingerprint density at radius 3 is 2.46 bits per heavy atom. The number of hydrogen-bond acceptors (Lipinski definition) is 5. The number of rotatable bonds is 7. The van der Waals surface area contributed by atoms with Gasteiger partial charge in [0.1, 0.15) is 0 Å². The predicted octanol–water partition coefficient (Wildman–Crippen LogP) is 5.92. The van der Waals surface area contributed by atoms with E-state index in [0.717, 1.165) is 47.1 Å². The molecule has 1 atom stereocenters. The summed E-state index contributed by atoms with van der Waals surface area (Å²) in [6.45, 7) is 7.04. The Bertz CT molecular complexity index is 1200. The van der Waals surface area contributed by atoms with Crippen LogP contribution in [0.5, 0.6) is 0 Å². The number of aryl methyl sites for hydroxylation is 2. The van der Waals surface area contributed by atoms with Gasteiger partial charge in [-0.2, -0.15) is 0 Å². The maximum Gasteiger partial charge on any atom is 0.252 e. The van der Waals surface area contributed by atoms with Crippen molar-refractivity contribution >= 4 is 10.9 Å². The number of nitrogens with zero attached hydrogens (tertiary/aromatic N) is 5. The average Bonchev–Trinajstić information content (AvgIpc) is 3.35. The molecule has 1 N–H and O–H groups in total. The highest BCUT2D eigenvalue weighted by atomic mass is 16.1. The van der Waals surface area contributed by atoms with E-state index in [2.05, 4.69) is 69.1 Å². The van der Waals surface area contributed by atoms with Crippen LogP contribution in [0.25, 0.3) is 10.9 Å². The van der Waals surface area contributed by atoms with Crippen molar-refractivity contribution in [3.63, 3.8) is 0 Å². The molecule has 2 aliphatic rings. The predicted molar refractivity (Wildman–Crippen MR) is 139 cm³/mol. The van der Waals surface area contributed by atoms with Crippen molar-refractivity contribution in [2.75, 3.05) is 0 Å². The summed E-state index contributed by atoms with van der Waals surface area (Å²) >= 11 is 0. The molecule has 0 aliphatic heterocycles. The zero-order chi connectivity index (χ0) is 24.4. The van der Waals surface area contributed by atoms with Crippen LogP contribution >= 0.6 is 0 Å². The molecule has 188 valence electrons. The summed E-state index contributed by atoms with van der Waals surface area (Å²) in [5, 5.41) is 14.3. The number of nitrogens with one attached hydrogen (secondary N) is 1. The molecule has 0 spiro atoms. The summed E-state index contributed by atoms with van der Waals surface area (Å²) in [5.74, 6) is 0.980. The second-order valence-electron chi connectivity index (χ2n) is 10.8. The largest absolute Gasteiger partial charge is 0.321 e. The van der Waals surface area contributed by atoms with Gasteiger partial charge in [0.15, 0.2) is 5.82 Å². The summed E-state index contributed by atoms with van der Waals surface area (Å²) in [4.78, 5) is 19.0. The van der Waals surface area contributed by atoms with E-state index in [1.54, 1.807) is 0 Å². The first-order valence-electron chi connectivity index (χ1n) is 13.7. The minimum atomic E-state index is 0.0204. The molecule has 7 heteroatoms. The van der Waals surface area contributed by atoms with Gasteiger partial charge in [-0.25, -0.2) is 4.68 Å². The molecule has 5 rings (SSSR count). The van der Waals surface area contributed by atoms with E-state index in [1.807, 2.05) is 0 Å². The first kappa shape index (κ1) is 24.2. The van der Waals surface area contributed by atoms with Gasteiger partial charge in [-0.05, 0) is 79.5 Å². The van der Waals surface area contributed by atoms with E-state index in [-0.39, 0.29) is 11.6 Å². The zero-order valence-corrected chi connectivity index (χ0v) is 21.6. The number of pyridine rings is 1. The lowest BCUT2D eigenvalue weighted by Crippen LogP contribution is -2.41. The third kappa shape index (κ3) is 5.06. The van der Waals surface area contributed by atoms with E-state index in [9.17, 15) is 4.79 Å². The fourth-order valence-electron chi connectivity index (χ4n) is 6.52. The second-order valence-corrected chi connectivity index (χ2v) is 10.8. The van der Waals surface area contributed by atoms with Gasteiger partial charge in [-0.15, -0.1) is 5.10 Å². The van der Waals surface area contributed by atoms with Crippen LogP contribution in [0.15, 0.2) is 23.0 Å². The Kier molecular flexibility index (Phi) is 7.32. The summed E-state index contributed by atoms with van der Waals surface area (Å²) in [6.07, 6.45) is 13.2. The third-order valence-electron chi connectivity index (χ3n) is 8.29. The first-order chi connectivity index (χ1) is 17.0. The molecule has 2 aliphatic carbocycles. The minimum Gasteiger partial charge on any atom is -0.321 e. The molecule has 0 unspecified atom stereocenters. The Hall–Kier alpha value is -2.54. The molecular formula is C28H40N6O. The van der Waals surface area contributed by atoms with Crippen molar-refractivity contribution in [2.45, 2.75) is 116 Å². The molecule has 1 aromatic carbocycles. The zero-order valence-electron chi connectivity index (χ0n) is 21.6. The van der Waals surface area contributed by atoms with Gasteiger partial charge in [-0.3, -0.25) is 9.69 Å². The fraction of sp³-hybridized carbons (Fsp3) is 0.643. The van der Waals surface area contributed by atoms with Gasteiger partial charge >= 0.3 is 0 Å². The van der Waals surface area contributed by atoms with Crippen LogP contribution in [-0.4, -0.2) is 36.1 Å². The number of aromatic amines is 1. The maximum atomic E-state index is 13.3. The highest BCUT2D eigenvalue weighted by Gasteiger charge is 2.33. The number of fused-ring (bicyclic) bond motifs is 1. The lowest BCUT2D eigenvalue weighted by Gasteiger charge is -2.39. The van der Waals surface area contributed by atoms with Crippen LogP contribution in [0.1, 0.15) is 112 Å². The molecular weight excluding hydrogens is 436 g/mol. The minimum absolute atomic E-state index is 0.0204. The van der Waals surface area contributed by atoms with Crippen molar-refractivity contribution in [3.8, 4) is 0 Å².